The van der Waals surface area contributed by atoms with Crippen LogP contribution in [-0.4, -0.2) is 29.2 Å². The molecule has 0 saturated carbocycles. The number of hydrogen-bond donors (Lipinski definition) is 1. The smallest absolute Gasteiger partial charge is 0.0667 e. The number of likely N-dealkylation sites (tertiary alicyclic amines) is 1. The maximum absolute atomic E-state index is 8.96. The van der Waals surface area contributed by atoms with E-state index in [0.717, 1.165) is 19.4 Å². The second-order valence-corrected chi connectivity index (χ2v) is 2.29. The minimum Gasteiger partial charge on any atom is -0.392 e. The standard InChI is InChI=1S/C6H11NO/c1-7-4-2-3-6(8)5-7/h1,6,8H,2-5H2. The maximum Gasteiger partial charge on any atom is 0.0667 e. The highest BCUT2D eigenvalue weighted by Gasteiger charge is 2.13. The molecule has 0 bridgehead atoms. The average Bonchev–Trinajstić information content (AvgIpc) is 1.64. The summed E-state index contributed by atoms with van der Waals surface area (Å²) in [5, 5.41) is 8.96. The molecule has 0 spiro atoms. The third kappa shape index (κ3) is 1.46. The average molecular weight is 113 g/mol. The van der Waals surface area contributed by atoms with E-state index in [1.165, 1.54) is 0 Å². The third-order valence-electron chi connectivity index (χ3n) is 1.43. The van der Waals surface area contributed by atoms with Crippen molar-refractivity contribution in [3.05, 3.63) is 7.05 Å². The summed E-state index contributed by atoms with van der Waals surface area (Å²) in [7, 11) is 5.40. The van der Waals surface area contributed by atoms with Crippen molar-refractivity contribution in [3.63, 3.8) is 0 Å². The third-order valence-corrected chi connectivity index (χ3v) is 1.43. The van der Waals surface area contributed by atoms with E-state index in [1.54, 1.807) is 4.90 Å². The molecule has 0 aromatic carbocycles. The van der Waals surface area contributed by atoms with Crippen LogP contribution in [0.4, 0.5) is 0 Å². The molecule has 2 nitrogen and oxygen atoms in total. The zero-order valence-electron chi connectivity index (χ0n) is 4.88. The lowest BCUT2D eigenvalue weighted by Crippen LogP contribution is -2.33. The Balaban J connectivity index is 2.23. The molecule has 1 unspecified atom stereocenters. The molecule has 1 atom stereocenters. The van der Waals surface area contributed by atoms with Crippen molar-refractivity contribution in [3.8, 4) is 0 Å². The molecule has 0 amide bonds. The second-order valence-electron chi connectivity index (χ2n) is 2.29. The number of aliphatic hydroxyl groups excluding tert-OH is 1. The normalized spacial score (nSPS) is 33.0. The van der Waals surface area contributed by atoms with Gasteiger partial charge in [-0.1, -0.05) is 0 Å². The van der Waals surface area contributed by atoms with Crippen LogP contribution in [0.5, 0.6) is 0 Å². The predicted octanol–water partition coefficient (Wildman–Crippen LogP) is 0.112. The van der Waals surface area contributed by atoms with E-state index in [4.69, 9.17) is 12.2 Å². The van der Waals surface area contributed by atoms with Crippen LogP contribution < -0.4 is 0 Å². The first-order chi connectivity index (χ1) is 3.79. The van der Waals surface area contributed by atoms with Crippen LogP contribution in [0.2, 0.25) is 0 Å². The van der Waals surface area contributed by atoms with Crippen LogP contribution in [-0.2, 0) is 0 Å². The number of nitrogens with zero attached hydrogens (tertiary/aromatic N) is 1. The molecule has 1 saturated heterocycles. The molecule has 1 heterocycles. The van der Waals surface area contributed by atoms with Crippen LogP contribution >= 0.6 is 0 Å². The van der Waals surface area contributed by atoms with Crippen LogP contribution in [0.25, 0.3) is 0 Å². The highest BCUT2D eigenvalue weighted by atomic mass is 16.3. The molecule has 8 heavy (non-hydrogen) atoms. The van der Waals surface area contributed by atoms with Gasteiger partial charge >= 0.3 is 0 Å². The summed E-state index contributed by atoms with van der Waals surface area (Å²) in [6.07, 6.45) is 1.75. The van der Waals surface area contributed by atoms with Gasteiger partial charge in [-0.2, -0.15) is 0 Å². The lowest BCUT2D eigenvalue weighted by molar-refractivity contribution is 0.0928. The monoisotopic (exact) mass is 113 g/mol. The molecule has 0 aromatic heterocycles. The Labute approximate surface area is 50.1 Å². The Morgan fingerprint density at radius 3 is 2.75 bits per heavy atom. The highest BCUT2D eigenvalue weighted by molar-refractivity contribution is 4.69. The number of aliphatic hydroxyl groups is 1. The molecular weight excluding hydrogens is 102 g/mol. The summed E-state index contributed by atoms with van der Waals surface area (Å²) in [6.45, 7) is 1.57. The van der Waals surface area contributed by atoms with Gasteiger partial charge in [-0.05, 0) is 19.4 Å². The number of β-amino-alcohol motifs (C(OH)–C–C–N with tert-alkyl or cyclic N) is 1. The largest absolute Gasteiger partial charge is 0.392 e. The van der Waals surface area contributed by atoms with E-state index in [0.29, 0.717) is 6.54 Å². The molecule has 0 aromatic rings. The quantitative estimate of drug-likeness (QED) is 0.482. The molecule has 1 N–H and O–H groups in total. The van der Waals surface area contributed by atoms with Crippen LogP contribution in [0.15, 0.2) is 0 Å². The van der Waals surface area contributed by atoms with Crippen molar-refractivity contribution in [2.24, 2.45) is 0 Å². The van der Waals surface area contributed by atoms with Gasteiger partial charge in [-0.3, -0.25) is 4.90 Å². The second kappa shape index (κ2) is 2.46. The van der Waals surface area contributed by atoms with Crippen LogP contribution in [0.3, 0.4) is 0 Å². The Kier molecular flexibility index (Phi) is 1.86. The van der Waals surface area contributed by atoms with E-state index in [9.17, 15) is 0 Å². The Morgan fingerprint density at radius 1 is 1.62 bits per heavy atom. The number of hydrogen-bond acceptors (Lipinski definition) is 2. The molecule has 2 radical (unpaired) electrons. The summed E-state index contributed by atoms with van der Waals surface area (Å²) < 4.78 is 0. The molecule has 1 fully saturated rings. The summed E-state index contributed by atoms with van der Waals surface area (Å²) in [5.41, 5.74) is 0. The van der Waals surface area contributed by atoms with Crippen molar-refractivity contribution in [1.82, 2.24) is 4.90 Å². The van der Waals surface area contributed by atoms with Crippen molar-refractivity contribution in [1.29, 1.82) is 0 Å². The van der Waals surface area contributed by atoms with E-state index in [2.05, 4.69) is 0 Å². The first-order valence-corrected chi connectivity index (χ1v) is 2.97. The lowest BCUT2D eigenvalue weighted by Gasteiger charge is -2.25. The fourth-order valence-corrected chi connectivity index (χ4v) is 0.983. The van der Waals surface area contributed by atoms with Crippen molar-refractivity contribution < 1.29 is 5.11 Å². The lowest BCUT2D eigenvalue weighted by atomic mass is 10.1. The Morgan fingerprint density at radius 2 is 2.38 bits per heavy atom. The fourth-order valence-electron chi connectivity index (χ4n) is 0.983. The highest BCUT2D eigenvalue weighted by Crippen LogP contribution is 2.07. The van der Waals surface area contributed by atoms with E-state index >= 15 is 0 Å². The van der Waals surface area contributed by atoms with Gasteiger partial charge in [-0.25, -0.2) is 0 Å². The summed E-state index contributed by atoms with van der Waals surface area (Å²) in [5.74, 6) is 0. The molecule has 1 aliphatic rings. The van der Waals surface area contributed by atoms with Gasteiger partial charge < -0.3 is 5.11 Å². The van der Waals surface area contributed by atoms with Gasteiger partial charge in [-0.15, -0.1) is 0 Å². The van der Waals surface area contributed by atoms with E-state index in [-0.39, 0.29) is 6.10 Å². The molecule has 1 rings (SSSR count). The summed E-state index contributed by atoms with van der Waals surface area (Å²) >= 11 is 0. The number of piperidine rings is 1. The summed E-state index contributed by atoms with van der Waals surface area (Å²) in [4.78, 5) is 1.66. The summed E-state index contributed by atoms with van der Waals surface area (Å²) in [6, 6.07) is 0. The first kappa shape index (κ1) is 6.05. The van der Waals surface area contributed by atoms with E-state index in [1.807, 2.05) is 0 Å². The topological polar surface area (TPSA) is 23.5 Å². The maximum atomic E-state index is 8.96. The molecule has 2 heteroatoms. The Bertz CT molecular complexity index is 66.9. The zero-order valence-corrected chi connectivity index (χ0v) is 4.88. The minimum absolute atomic E-state index is 0.186. The SMILES string of the molecule is [CH]N1CCCC(O)C1. The van der Waals surface area contributed by atoms with Crippen molar-refractivity contribution in [2.45, 2.75) is 18.9 Å². The molecule has 0 aliphatic carbocycles. The molecule has 46 valence electrons. The van der Waals surface area contributed by atoms with E-state index < -0.39 is 0 Å². The van der Waals surface area contributed by atoms with Gasteiger partial charge in [0.2, 0.25) is 0 Å². The van der Waals surface area contributed by atoms with Gasteiger partial charge in [0, 0.05) is 13.6 Å². The van der Waals surface area contributed by atoms with Crippen molar-refractivity contribution in [2.75, 3.05) is 13.1 Å². The molecular formula is C6H11NO. The fraction of sp³-hybridized carbons (Fsp3) is 0.833. The van der Waals surface area contributed by atoms with Gasteiger partial charge in [0.05, 0.1) is 6.10 Å². The molecule has 1 aliphatic heterocycles. The van der Waals surface area contributed by atoms with Gasteiger partial charge in [0.1, 0.15) is 0 Å². The zero-order chi connectivity index (χ0) is 5.98. The minimum atomic E-state index is -0.186. The van der Waals surface area contributed by atoms with Crippen LogP contribution in [0, 0.1) is 7.05 Å². The first-order valence-electron chi connectivity index (χ1n) is 2.97. The predicted molar refractivity (Wildman–Crippen MR) is 31.1 cm³/mol. The number of rotatable bonds is 0. The Hall–Kier alpha value is -0.0800. The van der Waals surface area contributed by atoms with Gasteiger partial charge in [0.25, 0.3) is 0 Å². The van der Waals surface area contributed by atoms with Gasteiger partial charge in [0.15, 0.2) is 0 Å². The van der Waals surface area contributed by atoms with Crippen LogP contribution in [0.1, 0.15) is 12.8 Å². The van der Waals surface area contributed by atoms with Crippen molar-refractivity contribution >= 4 is 0 Å².